The highest BCUT2D eigenvalue weighted by Crippen LogP contribution is 2.11. The third kappa shape index (κ3) is 1.41. The molecule has 0 aliphatic heterocycles. The molecule has 2 aromatic rings. The number of H-pyrrole nitrogens is 1. The fourth-order valence-electron chi connectivity index (χ4n) is 0.900. The molecule has 0 atom stereocenters. The normalized spacial score (nSPS) is 10.2. The molecule has 0 spiro atoms. The molecule has 13 heavy (non-hydrogen) atoms. The van der Waals surface area contributed by atoms with Crippen molar-refractivity contribution in [3.8, 4) is 11.4 Å². The van der Waals surface area contributed by atoms with E-state index in [1.165, 1.54) is 6.20 Å². The van der Waals surface area contributed by atoms with Crippen molar-refractivity contribution in [2.45, 2.75) is 0 Å². The maximum absolute atomic E-state index is 10.6. The summed E-state index contributed by atoms with van der Waals surface area (Å²) in [4.78, 5) is 16.8. The van der Waals surface area contributed by atoms with Crippen LogP contribution in [-0.4, -0.2) is 15.1 Å². The van der Waals surface area contributed by atoms with Crippen LogP contribution >= 0.6 is 0 Å². The Morgan fingerprint density at radius 2 is 2.31 bits per heavy atom. The number of anilines is 1. The van der Waals surface area contributed by atoms with Crippen molar-refractivity contribution in [2.75, 3.05) is 5.73 Å². The van der Waals surface area contributed by atoms with Crippen molar-refractivity contribution in [3.63, 3.8) is 0 Å². The van der Waals surface area contributed by atoms with Gasteiger partial charge >= 0.3 is 5.76 Å². The number of nitrogen functional groups attached to an aromatic ring is 1. The van der Waals surface area contributed by atoms with Crippen LogP contribution in [0.5, 0.6) is 0 Å². The van der Waals surface area contributed by atoms with Gasteiger partial charge in [0, 0.05) is 11.8 Å². The van der Waals surface area contributed by atoms with E-state index in [0.717, 1.165) is 0 Å². The third-order valence-electron chi connectivity index (χ3n) is 1.50. The molecular weight excluding hydrogens is 172 g/mol. The van der Waals surface area contributed by atoms with Crippen molar-refractivity contribution in [3.05, 3.63) is 28.9 Å². The molecule has 0 aromatic carbocycles. The Labute approximate surface area is 72.4 Å². The SMILES string of the molecule is Nc1ccc(-c2noc(=O)[nH]2)cn1. The molecule has 6 nitrogen and oxygen atoms in total. The van der Waals surface area contributed by atoms with E-state index in [9.17, 15) is 4.79 Å². The van der Waals surface area contributed by atoms with Crippen LogP contribution in [0, 0.1) is 0 Å². The van der Waals surface area contributed by atoms with E-state index in [0.29, 0.717) is 17.2 Å². The van der Waals surface area contributed by atoms with Gasteiger partial charge in [0.05, 0.1) is 0 Å². The molecule has 0 saturated carbocycles. The van der Waals surface area contributed by atoms with Gasteiger partial charge < -0.3 is 5.73 Å². The first-order valence-electron chi connectivity index (χ1n) is 3.53. The highest BCUT2D eigenvalue weighted by atomic mass is 16.5. The largest absolute Gasteiger partial charge is 0.439 e. The van der Waals surface area contributed by atoms with Gasteiger partial charge in [0.15, 0.2) is 5.82 Å². The average Bonchev–Trinajstić information content (AvgIpc) is 2.53. The molecule has 66 valence electrons. The smallest absolute Gasteiger partial charge is 0.384 e. The molecule has 0 aliphatic rings. The first-order chi connectivity index (χ1) is 6.25. The summed E-state index contributed by atoms with van der Waals surface area (Å²) in [6.07, 6.45) is 1.50. The Bertz CT molecular complexity index is 456. The number of hydrogen-bond donors (Lipinski definition) is 2. The standard InChI is InChI=1S/C7H6N4O2/c8-5-2-1-4(3-9-5)6-10-7(12)13-11-6/h1-3H,(H2,8,9)(H,10,11,12). The van der Waals surface area contributed by atoms with Gasteiger partial charge in [-0.1, -0.05) is 5.16 Å². The van der Waals surface area contributed by atoms with Crippen molar-refractivity contribution in [1.82, 2.24) is 15.1 Å². The van der Waals surface area contributed by atoms with Crippen molar-refractivity contribution < 1.29 is 4.52 Å². The second-order valence-corrected chi connectivity index (χ2v) is 2.42. The van der Waals surface area contributed by atoms with E-state index in [1.54, 1.807) is 12.1 Å². The Hall–Kier alpha value is -2.11. The van der Waals surface area contributed by atoms with Crippen LogP contribution in [0.25, 0.3) is 11.4 Å². The van der Waals surface area contributed by atoms with Gasteiger partial charge in [-0.25, -0.2) is 9.78 Å². The van der Waals surface area contributed by atoms with E-state index < -0.39 is 5.76 Å². The molecule has 6 heteroatoms. The Morgan fingerprint density at radius 1 is 1.46 bits per heavy atom. The van der Waals surface area contributed by atoms with Gasteiger partial charge in [0.1, 0.15) is 5.82 Å². The maximum atomic E-state index is 10.6. The van der Waals surface area contributed by atoms with Gasteiger partial charge in [-0.2, -0.15) is 0 Å². The van der Waals surface area contributed by atoms with Gasteiger partial charge in [0.25, 0.3) is 0 Å². The minimum absolute atomic E-state index is 0.345. The summed E-state index contributed by atoms with van der Waals surface area (Å²) in [6, 6.07) is 3.30. The third-order valence-corrected chi connectivity index (χ3v) is 1.50. The van der Waals surface area contributed by atoms with Gasteiger partial charge in [-0.3, -0.25) is 9.51 Å². The van der Waals surface area contributed by atoms with Gasteiger partial charge in [-0.05, 0) is 12.1 Å². The van der Waals surface area contributed by atoms with E-state index in [-0.39, 0.29) is 0 Å². The lowest BCUT2D eigenvalue weighted by Gasteiger charge is -1.93. The summed E-state index contributed by atoms with van der Waals surface area (Å²) < 4.78 is 4.33. The maximum Gasteiger partial charge on any atom is 0.439 e. The molecule has 0 amide bonds. The predicted octanol–water partition coefficient (Wildman–Crippen LogP) is 0.00710. The molecule has 0 unspecified atom stereocenters. The Kier molecular flexibility index (Phi) is 1.59. The zero-order chi connectivity index (χ0) is 9.26. The number of nitrogens with two attached hydrogens (primary N) is 1. The summed E-state index contributed by atoms with van der Waals surface area (Å²) in [6.45, 7) is 0. The minimum atomic E-state index is -0.591. The zero-order valence-electron chi connectivity index (χ0n) is 6.52. The van der Waals surface area contributed by atoms with Gasteiger partial charge in [0.2, 0.25) is 0 Å². The number of nitrogens with zero attached hydrogens (tertiary/aromatic N) is 2. The highest BCUT2D eigenvalue weighted by Gasteiger charge is 2.03. The molecule has 0 radical (unpaired) electrons. The number of aromatic amines is 1. The second kappa shape index (κ2) is 2.74. The first kappa shape index (κ1) is 7.53. The summed E-state index contributed by atoms with van der Waals surface area (Å²) in [7, 11) is 0. The van der Waals surface area contributed by atoms with Crippen molar-refractivity contribution in [1.29, 1.82) is 0 Å². The molecule has 2 rings (SSSR count). The Balaban J connectivity index is 2.47. The van der Waals surface area contributed by atoms with Crippen LogP contribution in [0.3, 0.4) is 0 Å². The molecule has 3 N–H and O–H groups in total. The van der Waals surface area contributed by atoms with Crippen LogP contribution in [0.4, 0.5) is 5.82 Å². The quantitative estimate of drug-likeness (QED) is 0.640. The Morgan fingerprint density at radius 3 is 2.85 bits per heavy atom. The van der Waals surface area contributed by atoms with E-state index in [4.69, 9.17) is 5.73 Å². The zero-order valence-corrected chi connectivity index (χ0v) is 6.52. The monoisotopic (exact) mass is 178 g/mol. The van der Waals surface area contributed by atoms with Crippen molar-refractivity contribution >= 4 is 5.82 Å². The summed E-state index contributed by atoms with van der Waals surface area (Å²) in [5.74, 6) is 0.166. The summed E-state index contributed by atoms with van der Waals surface area (Å²) >= 11 is 0. The highest BCUT2D eigenvalue weighted by molar-refractivity contribution is 5.54. The molecular formula is C7H6N4O2. The lowest BCUT2D eigenvalue weighted by molar-refractivity contribution is 0.388. The topological polar surface area (TPSA) is 97.8 Å². The van der Waals surface area contributed by atoms with E-state index in [1.807, 2.05) is 0 Å². The number of hydrogen-bond acceptors (Lipinski definition) is 5. The van der Waals surface area contributed by atoms with Crippen LogP contribution in [0.2, 0.25) is 0 Å². The van der Waals surface area contributed by atoms with E-state index >= 15 is 0 Å². The summed E-state index contributed by atoms with van der Waals surface area (Å²) in [5.41, 5.74) is 6.04. The fourth-order valence-corrected chi connectivity index (χ4v) is 0.900. The molecule has 2 heterocycles. The summed E-state index contributed by atoms with van der Waals surface area (Å²) in [5, 5.41) is 3.49. The number of aromatic nitrogens is 3. The van der Waals surface area contributed by atoms with Crippen molar-refractivity contribution in [2.24, 2.45) is 0 Å². The van der Waals surface area contributed by atoms with E-state index in [2.05, 4.69) is 19.6 Å². The second-order valence-electron chi connectivity index (χ2n) is 2.42. The molecule has 0 fully saturated rings. The van der Waals surface area contributed by atoms with Crippen LogP contribution < -0.4 is 11.5 Å². The molecule has 0 aliphatic carbocycles. The number of pyridine rings is 1. The lowest BCUT2D eigenvalue weighted by Crippen LogP contribution is -1.95. The number of rotatable bonds is 1. The fraction of sp³-hybridized carbons (Fsp3) is 0. The molecule has 2 aromatic heterocycles. The van der Waals surface area contributed by atoms with Crippen LogP contribution in [-0.2, 0) is 0 Å². The minimum Gasteiger partial charge on any atom is -0.384 e. The molecule has 0 bridgehead atoms. The van der Waals surface area contributed by atoms with Crippen LogP contribution in [0.15, 0.2) is 27.6 Å². The first-order valence-corrected chi connectivity index (χ1v) is 3.53. The molecule has 0 saturated heterocycles. The lowest BCUT2D eigenvalue weighted by atomic mass is 10.3. The van der Waals surface area contributed by atoms with Crippen LogP contribution in [0.1, 0.15) is 0 Å². The predicted molar refractivity (Wildman–Crippen MR) is 44.8 cm³/mol. The van der Waals surface area contributed by atoms with Gasteiger partial charge in [-0.15, -0.1) is 0 Å². The average molecular weight is 178 g/mol. The number of nitrogens with one attached hydrogen (secondary N) is 1.